The van der Waals surface area contributed by atoms with Gasteiger partial charge in [-0.05, 0) is 88.9 Å². The summed E-state index contributed by atoms with van der Waals surface area (Å²) < 4.78 is 25.9. The van der Waals surface area contributed by atoms with Crippen molar-refractivity contribution in [1.82, 2.24) is 9.97 Å². The topological polar surface area (TPSA) is 70.9 Å². The molecule has 4 rings (SSSR count). The highest BCUT2D eigenvalue weighted by Crippen LogP contribution is 2.38. The van der Waals surface area contributed by atoms with Crippen LogP contribution in [0.25, 0.3) is 22.7 Å². The van der Waals surface area contributed by atoms with Crippen LogP contribution in [0.4, 0.5) is 4.39 Å². The largest absolute Gasteiger partial charge is 0.490 e. The van der Waals surface area contributed by atoms with E-state index in [2.05, 4.69) is 32.0 Å². The highest BCUT2D eigenvalue weighted by molar-refractivity contribution is 9.10. The summed E-state index contributed by atoms with van der Waals surface area (Å²) >= 11 is 3.55. The Morgan fingerprint density at radius 2 is 2.03 bits per heavy atom. The molecular weight excluding hydrogens is 485 g/mol. The lowest BCUT2D eigenvalue weighted by atomic mass is 10.1. The summed E-state index contributed by atoms with van der Waals surface area (Å²) in [6.07, 6.45) is 1.74. The molecule has 0 bridgehead atoms. The van der Waals surface area contributed by atoms with E-state index >= 15 is 0 Å². The Hall–Kier alpha value is -3.63. The number of rotatable bonds is 7. The lowest BCUT2D eigenvalue weighted by molar-refractivity contribution is 0.267. The number of aromatic nitrogens is 2. The van der Waals surface area contributed by atoms with Crippen molar-refractivity contribution in [3.63, 3.8) is 0 Å². The number of halogens is 2. The third-order valence-electron chi connectivity index (χ3n) is 4.93. The van der Waals surface area contributed by atoms with Crippen molar-refractivity contribution in [2.24, 2.45) is 0 Å². The molecule has 0 amide bonds. The van der Waals surface area contributed by atoms with Gasteiger partial charge in [0.2, 0.25) is 0 Å². The van der Waals surface area contributed by atoms with Gasteiger partial charge in [0.05, 0.1) is 27.7 Å². The summed E-state index contributed by atoms with van der Waals surface area (Å²) in [4.78, 5) is 7.76. The molecule has 0 aliphatic heterocycles. The molecule has 0 fully saturated rings. The van der Waals surface area contributed by atoms with E-state index in [0.29, 0.717) is 39.5 Å². The van der Waals surface area contributed by atoms with E-state index in [-0.39, 0.29) is 12.4 Å². The summed E-state index contributed by atoms with van der Waals surface area (Å²) in [5.41, 5.74) is 4.64. The zero-order valence-electron chi connectivity index (χ0n) is 18.2. The lowest BCUT2D eigenvalue weighted by Crippen LogP contribution is -2.01. The Labute approximate surface area is 199 Å². The molecule has 0 saturated heterocycles. The number of nitriles is 1. The number of aromatic amines is 1. The van der Waals surface area contributed by atoms with Gasteiger partial charge in [-0.15, -0.1) is 0 Å². The van der Waals surface area contributed by atoms with Gasteiger partial charge in [0.1, 0.15) is 24.3 Å². The SMILES string of the molecule is CCOc1cc(/C=C(/C#N)c2nc3ccc(C)cc3[nH]2)cc(Br)c1OCc1cccc(F)c1. The molecule has 7 heteroatoms. The number of nitrogens with one attached hydrogen (secondary N) is 1. The minimum atomic E-state index is -0.314. The Morgan fingerprint density at radius 1 is 1.18 bits per heavy atom. The van der Waals surface area contributed by atoms with E-state index in [0.717, 1.165) is 22.2 Å². The fraction of sp³-hybridized carbons (Fsp3) is 0.154. The van der Waals surface area contributed by atoms with Gasteiger partial charge in [0, 0.05) is 0 Å². The average Bonchev–Trinajstić information content (AvgIpc) is 3.20. The summed E-state index contributed by atoms with van der Waals surface area (Å²) in [5, 5.41) is 9.77. The molecule has 1 heterocycles. The van der Waals surface area contributed by atoms with Crippen molar-refractivity contribution < 1.29 is 13.9 Å². The van der Waals surface area contributed by atoms with E-state index in [1.807, 2.05) is 38.1 Å². The molecule has 1 N–H and O–H groups in total. The molecule has 5 nitrogen and oxygen atoms in total. The van der Waals surface area contributed by atoms with E-state index < -0.39 is 0 Å². The quantitative estimate of drug-likeness (QED) is 0.280. The van der Waals surface area contributed by atoms with Gasteiger partial charge >= 0.3 is 0 Å². The number of fused-ring (bicyclic) bond motifs is 1. The first-order valence-electron chi connectivity index (χ1n) is 10.4. The Kier molecular flexibility index (Phi) is 6.76. The van der Waals surface area contributed by atoms with Crippen molar-refractivity contribution in [2.45, 2.75) is 20.5 Å². The first kappa shape index (κ1) is 22.6. The van der Waals surface area contributed by atoms with Gasteiger partial charge < -0.3 is 14.5 Å². The maximum atomic E-state index is 13.5. The molecular formula is C26H21BrFN3O2. The number of hydrogen-bond donors (Lipinski definition) is 1. The van der Waals surface area contributed by atoms with Gasteiger partial charge in [-0.1, -0.05) is 18.2 Å². The molecule has 4 aromatic rings. The van der Waals surface area contributed by atoms with Crippen LogP contribution in [0.15, 0.2) is 59.1 Å². The fourth-order valence-electron chi connectivity index (χ4n) is 3.43. The second kappa shape index (κ2) is 9.88. The second-order valence-electron chi connectivity index (χ2n) is 7.46. The molecule has 0 unspecified atom stereocenters. The number of ether oxygens (including phenoxy) is 2. The summed E-state index contributed by atoms with van der Waals surface area (Å²) in [7, 11) is 0. The monoisotopic (exact) mass is 505 g/mol. The van der Waals surface area contributed by atoms with Crippen molar-refractivity contribution in [3.05, 3.63) is 87.4 Å². The van der Waals surface area contributed by atoms with E-state index in [1.54, 1.807) is 24.3 Å². The van der Waals surface area contributed by atoms with Gasteiger partial charge in [0.15, 0.2) is 11.5 Å². The van der Waals surface area contributed by atoms with Gasteiger partial charge in [-0.25, -0.2) is 9.37 Å². The Bertz CT molecular complexity index is 1390. The molecule has 0 aliphatic carbocycles. The predicted molar refractivity (Wildman–Crippen MR) is 130 cm³/mol. The van der Waals surface area contributed by atoms with Crippen molar-refractivity contribution in [1.29, 1.82) is 5.26 Å². The summed E-state index contributed by atoms with van der Waals surface area (Å²) in [6.45, 7) is 4.51. The smallest absolute Gasteiger partial charge is 0.175 e. The van der Waals surface area contributed by atoms with Crippen LogP contribution in [-0.4, -0.2) is 16.6 Å². The predicted octanol–water partition coefficient (Wildman–Crippen LogP) is 6.81. The molecule has 1 aromatic heterocycles. The second-order valence-corrected chi connectivity index (χ2v) is 8.31. The first-order chi connectivity index (χ1) is 16.0. The van der Waals surface area contributed by atoms with Crippen LogP contribution in [0, 0.1) is 24.1 Å². The van der Waals surface area contributed by atoms with Crippen molar-refractivity contribution in [2.75, 3.05) is 6.61 Å². The normalized spacial score (nSPS) is 11.4. The molecule has 0 aliphatic rings. The minimum Gasteiger partial charge on any atom is -0.490 e. The van der Waals surface area contributed by atoms with E-state index in [1.165, 1.54) is 12.1 Å². The van der Waals surface area contributed by atoms with Crippen LogP contribution in [0.3, 0.4) is 0 Å². The third-order valence-corrected chi connectivity index (χ3v) is 5.52. The third kappa shape index (κ3) is 5.24. The maximum Gasteiger partial charge on any atom is 0.175 e. The number of nitrogens with zero attached hydrogens (tertiary/aromatic N) is 2. The Morgan fingerprint density at radius 3 is 2.79 bits per heavy atom. The molecule has 33 heavy (non-hydrogen) atoms. The zero-order chi connectivity index (χ0) is 23.4. The van der Waals surface area contributed by atoms with Gasteiger partial charge in [-0.2, -0.15) is 5.26 Å². The number of imidazole rings is 1. The van der Waals surface area contributed by atoms with Gasteiger partial charge in [-0.3, -0.25) is 0 Å². The Balaban J connectivity index is 1.66. The van der Waals surface area contributed by atoms with Crippen LogP contribution in [0.2, 0.25) is 0 Å². The molecule has 166 valence electrons. The summed E-state index contributed by atoms with van der Waals surface area (Å²) in [6, 6.07) is 18.0. The highest BCUT2D eigenvalue weighted by atomic mass is 79.9. The minimum absolute atomic E-state index is 0.188. The first-order valence-corrected chi connectivity index (χ1v) is 11.2. The van der Waals surface area contributed by atoms with Crippen molar-refractivity contribution >= 4 is 38.6 Å². The van der Waals surface area contributed by atoms with Crippen LogP contribution in [-0.2, 0) is 6.61 Å². The van der Waals surface area contributed by atoms with Gasteiger partial charge in [0.25, 0.3) is 0 Å². The standard InChI is InChI=1S/C26H21BrFN3O2/c1-3-32-24-13-18(12-21(27)25(24)33-15-17-5-4-6-20(28)11-17)10-19(14-29)26-30-22-8-7-16(2)9-23(22)31-26/h4-13H,3,15H2,1-2H3,(H,30,31)/b19-10-. The van der Waals surface area contributed by atoms with Crippen LogP contribution in [0.1, 0.15) is 29.4 Å². The average molecular weight is 506 g/mol. The number of hydrogen-bond acceptors (Lipinski definition) is 4. The molecule has 3 aromatic carbocycles. The zero-order valence-corrected chi connectivity index (χ0v) is 19.7. The number of aryl methyl sites for hydroxylation is 1. The molecule has 0 atom stereocenters. The number of benzene rings is 3. The van der Waals surface area contributed by atoms with E-state index in [4.69, 9.17) is 9.47 Å². The van der Waals surface area contributed by atoms with E-state index in [9.17, 15) is 9.65 Å². The maximum absolute atomic E-state index is 13.5. The van der Waals surface area contributed by atoms with Crippen LogP contribution in [0.5, 0.6) is 11.5 Å². The molecule has 0 radical (unpaired) electrons. The number of H-pyrrole nitrogens is 1. The molecule has 0 saturated carbocycles. The lowest BCUT2D eigenvalue weighted by Gasteiger charge is -2.15. The highest BCUT2D eigenvalue weighted by Gasteiger charge is 2.14. The fourth-order valence-corrected chi connectivity index (χ4v) is 4.00. The van der Waals surface area contributed by atoms with Crippen LogP contribution >= 0.6 is 15.9 Å². The van der Waals surface area contributed by atoms with Crippen molar-refractivity contribution in [3.8, 4) is 17.6 Å². The molecule has 0 spiro atoms. The number of allylic oxidation sites excluding steroid dienone is 1. The van der Waals surface area contributed by atoms with Crippen LogP contribution < -0.4 is 9.47 Å². The summed E-state index contributed by atoms with van der Waals surface area (Å²) in [5.74, 6) is 1.21.